The summed E-state index contributed by atoms with van der Waals surface area (Å²) in [6.07, 6.45) is 0. The average Bonchev–Trinajstić information content (AvgIpc) is 0.720. The largest absolute Gasteiger partial charge is 0.310 e. The third-order valence-electron chi connectivity index (χ3n) is 21.4. The fourth-order valence-corrected chi connectivity index (χ4v) is 14.7. The molecule has 0 atom stereocenters. The fraction of sp³-hybridized carbons (Fsp3) is 0.133. The Kier molecular flexibility index (Phi) is 14.3. The molecule has 2 heteroatoms. The average molecular weight is 1190 g/mol. The number of benzene rings is 13. The first kappa shape index (κ1) is 57.9. The zero-order valence-corrected chi connectivity index (χ0v) is 53.9. The van der Waals surface area contributed by atoms with Crippen molar-refractivity contribution in [1.29, 1.82) is 0 Å². The molecule has 0 bridgehead atoms. The summed E-state index contributed by atoms with van der Waals surface area (Å²) in [5.74, 6) is 0. The molecule has 0 fully saturated rings. The Hall–Kier alpha value is -10.5. The molecule has 13 aromatic rings. The molecule has 446 valence electrons. The zero-order chi connectivity index (χ0) is 62.9. The number of fused-ring (bicyclic) bond motifs is 6. The van der Waals surface area contributed by atoms with Gasteiger partial charge in [0.2, 0.25) is 0 Å². The lowest BCUT2D eigenvalue weighted by atomic mass is 9.55. The summed E-state index contributed by atoms with van der Waals surface area (Å²) in [5.41, 5.74) is 31.3. The van der Waals surface area contributed by atoms with E-state index in [1.54, 1.807) is 0 Å². The van der Waals surface area contributed by atoms with Crippen LogP contribution in [0.2, 0.25) is 0 Å². The van der Waals surface area contributed by atoms with E-state index in [0.717, 1.165) is 34.1 Å². The molecule has 0 aromatic heterocycles. The number of hydrogen-bond acceptors (Lipinski definition) is 2. The van der Waals surface area contributed by atoms with Crippen LogP contribution in [0, 0.1) is 0 Å². The lowest BCUT2D eigenvalue weighted by Crippen LogP contribution is -2.43. The van der Waals surface area contributed by atoms with Crippen LogP contribution >= 0.6 is 0 Å². The van der Waals surface area contributed by atoms with Crippen LogP contribution in [0.4, 0.5) is 34.1 Å². The van der Waals surface area contributed by atoms with E-state index in [1.165, 1.54) is 111 Å². The Morgan fingerprint density at radius 2 is 0.391 bits per heavy atom. The second kappa shape index (κ2) is 22.7. The highest BCUT2D eigenvalue weighted by Crippen LogP contribution is 2.57. The van der Waals surface area contributed by atoms with Crippen LogP contribution < -0.4 is 9.80 Å². The van der Waals surface area contributed by atoms with Crippen LogP contribution in [-0.4, -0.2) is 0 Å². The molecule has 0 radical (unpaired) electrons. The van der Waals surface area contributed by atoms with Gasteiger partial charge >= 0.3 is 0 Å². The van der Waals surface area contributed by atoms with Gasteiger partial charge in [0, 0.05) is 34.1 Å². The third-order valence-corrected chi connectivity index (χ3v) is 21.4. The Balaban J connectivity index is 0.717. The molecule has 0 saturated carbocycles. The molecule has 0 unspecified atom stereocenters. The number of hydrogen-bond donors (Lipinski definition) is 0. The summed E-state index contributed by atoms with van der Waals surface area (Å²) in [7, 11) is 0. The van der Waals surface area contributed by atoms with Gasteiger partial charge in [-0.2, -0.15) is 0 Å². The normalized spacial score (nSPS) is 14.4. The van der Waals surface area contributed by atoms with E-state index in [1.807, 2.05) is 0 Å². The van der Waals surface area contributed by atoms with Gasteiger partial charge < -0.3 is 9.80 Å². The van der Waals surface area contributed by atoms with E-state index in [2.05, 4.69) is 381 Å². The molecule has 15 rings (SSSR count). The van der Waals surface area contributed by atoms with Crippen molar-refractivity contribution in [2.45, 2.75) is 77.0 Å². The van der Waals surface area contributed by atoms with Gasteiger partial charge in [-0.05, 0) is 218 Å². The first-order valence-electron chi connectivity index (χ1n) is 32.5. The molecule has 0 saturated heterocycles. The minimum atomic E-state index is -0.215. The summed E-state index contributed by atoms with van der Waals surface area (Å²) >= 11 is 0. The molecule has 2 nitrogen and oxygen atoms in total. The van der Waals surface area contributed by atoms with E-state index in [9.17, 15) is 0 Å². The van der Waals surface area contributed by atoms with E-state index in [0.29, 0.717) is 0 Å². The van der Waals surface area contributed by atoms with Crippen molar-refractivity contribution in [2.24, 2.45) is 0 Å². The van der Waals surface area contributed by atoms with Crippen molar-refractivity contribution >= 4 is 34.1 Å². The quantitative estimate of drug-likeness (QED) is 0.120. The molecule has 0 spiro atoms. The van der Waals surface area contributed by atoms with Gasteiger partial charge in [0.1, 0.15) is 0 Å². The second-order valence-electron chi connectivity index (χ2n) is 27.4. The van der Waals surface area contributed by atoms with E-state index in [-0.39, 0.29) is 21.7 Å². The summed E-state index contributed by atoms with van der Waals surface area (Å²) in [6, 6.07) is 117. The summed E-state index contributed by atoms with van der Waals surface area (Å²) in [6.45, 7) is 19.4. The van der Waals surface area contributed by atoms with Crippen LogP contribution in [0.15, 0.2) is 315 Å². The van der Waals surface area contributed by atoms with Crippen molar-refractivity contribution < 1.29 is 0 Å². The van der Waals surface area contributed by atoms with Crippen LogP contribution in [0.25, 0.3) is 89.0 Å². The molecule has 0 aliphatic heterocycles. The summed E-state index contributed by atoms with van der Waals surface area (Å²) in [4.78, 5) is 4.84. The van der Waals surface area contributed by atoms with E-state index in [4.69, 9.17) is 0 Å². The maximum atomic E-state index is 2.47. The van der Waals surface area contributed by atoms with Crippen molar-refractivity contribution in [1.82, 2.24) is 0 Å². The van der Waals surface area contributed by atoms with Crippen LogP contribution in [0.5, 0.6) is 0 Å². The molecule has 2 aliphatic carbocycles. The van der Waals surface area contributed by atoms with Crippen molar-refractivity contribution in [2.75, 3.05) is 9.80 Å². The maximum Gasteiger partial charge on any atom is 0.0464 e. The van der Waals surface area contributed by atoms with Crippen LogP contribution in [0.1, 0.15) is 77.6 Å². The van der Waals surface area contributed by atoms with Gasteiger partial charge in [-0.15, -0.1) is 0 Å². The predicted octanol–water partition coefficient (Wildman–Crippen LogP) is 25.1. The third kappa shape index (κ3) is 9.97. The molecular weight excluding hydrogens is 1110 g/mol. The lowest BCUT2D eigenvalue weighted by molar-refractivity contribution is 0.299. The fourth-order valence-electron chi connectivity index (χ4n) is 14.7. The van der Waals surface area contributed by atoms with E-state index >= 15 is 0 Å². The maximum absolute atomic E-state index is 2.47. The highest BCUT2D eigenvalue weighted by atomic mass is 15.1. The van der Waals surface area contributed by atoms with Crippen molar-refractivity contribution in [3.8, 4) is 89.0 Å². The zero-order valence-electron chi connectivity index (χ0n) is 53.9. The SMILES string of the molecule is CC1(C)c2ccccc2-c2ccc(N(c3ccc(-c4ccccc4)cc3)c3ccc(-c4ccc(-c5cccc(-c6ccc7c(c6)C(C)(C)C(C)(C)c6cc(N(c8ccc(-c9ccccc9)cc8)c8ccc(-c9ccccc9)cc8)ccc6-7)c5)cc4)cc3)cc2C1(C)C. The summed E-state index contributed by atoms with van der Waals surface area (Å²) < 4.78 is 0. The molecule has 0 amide bonds. The Morgan fingerprint density at radius 1 is 0.163 bits per heavy atom. The topological polar surface area (TPSA) is 6.48 Å². The summed E-state index contributed by atoms with van der Waals surface area (Å²) in [5, 5.41) is 0. The minimum absolute atomic E-state index is 0.0715. The first-order valence-corrected chi connectivity index (χ1v) is 32.5. The molecule has 0 heterocycles. The van der Waals surface area contributed by atoms with E-state index < -0.39 is 0 Å². The van der Waals surface area contributed by atoms with Gasteiger partial charge in [-0.1, -0.05) is 286 Å². The monoisotopic (exact) mass is 1180 g/mol. The molecule has 2 aliphatic rings. The second-order valence-corrected chi connectivity index (χ2v) is 27.4. The predicted molar refractivity (Wildman–Crippen MR) is 391 cm³/mol. The van der Waals surface area contributed by atoms with Crippen LogP contribution in [-0.2, 0) is 21.7 Å². The standard InChI is InChI=1S/C90H76N2/c1-87(2)83-30-19-18-29-79(83)81-55-52-77(59-85(81)89(87,5)6)92(75-48-39-67(40-49-75)63-25-16-11-17-26-63)76-50-41-68(42-51-76)64-31-33-69(34-32-64)70-27-20-28-71(57-70)72-43-54-80-82-56-53-78(60-86(82)90(7,8)88(3,4)84(80)58-72)91(73-44-35-65(36-45-73)61-21-12-9-13-22-61)74-46-37-66(38-47-74)62-23-14-10-15-24-62/h9-60H,1-8H3. The Bertz CT molecular complexity index is 4760. The molecule has 92 heavy (non-hydrogen) atoms. The molecular formula is C90H76N2. The highest BCUT2D eigenvalue weighted by molar-refractivity contribution is 5.89. The van der Waals surface area contributed by atoms with Gasteiger partial charge in [-0.3, -0.25) is 0 Å². The van der Waals surface area contributed by atoms with Crippen LogP contribution in [0.3, 0.4) is 0 Å². The number of rotatable bonds is 12. The smallest absolute Gasteiger partial charge is 0.0464 e. The van der Waals surface area contributed by atoms with Gasteiger partial charge in [-0.25, -0.2) is 0 Å². The van der Waals surface area contributed by atoms with Gasteiger partial charge in [0.15, 0.2) is 0 Å². The number of nitrogens with zero attached hydrogens (tertiary/aromatic N) is 2. The lowest BCUT2D eigenvalue weighted by Gasteiger charge is -2.48. The molecule has 13 aromatic carbocycles. The highest BCUT2D eigenvalue weighted by Gasteiger charge is 2.47. The Morgan fingerprint density at radius 3 is 0.772 bits per heavy atom. The van der Waals surface area contributed by atoms with Gasteiger partial charge in [0.05, 0.1) is 0 Å². The van der Waals surface area contributed by atoms with Gasteiger partial charge in [0.25, 0.3) is 0 Å². The minimum Gasteiger partial charge on any atom is -0.310 e. The van der Waals surface area contributed by atoms with Crippen molar-refractivity contribution in [3.63, 3.8) is 0 Å². The first-order chi connectivity index (χ1) is 44.6. The van der Waals surface area contributed by atoms with Crippen molar-refractivity contribution in [3.05, 3.63) is 338 Å². The molecule has 0 N–H and O–H groups in total. The number of anilines is 6. The Labute approximate surface area is 544 Å².